The van der Waals surface area contributed by atoms with Gasteiger partial charge in [-0.05, 0) is 28.8 Å². The van der Waals surface area contributed by atoms with Crippen LogP contribution >= 0.6 is 15.9 Å². The summed E-state index contributed by atoms with van der Waals surface area (Å²) in [6.45, 7) is 6.95. The van der Waals surface area contributed by atoms with E-state index in [0.29, 0.717) is 0 Å². The summed E-state index contributed by atoms with van der Waals surface area (Å²) in [6.07, 6.45) is 13.8. The molecule has 116 valence electrons. The number of halogens is 1. The minimum absolute atomic E-state index is 0.225. The van der Waals surface area contributed by atoms with Crippen molar-refractivity contribution in [2.24, 2.45) is 7.05 Å². The molecule has 0 spiro atoms. The summed E-state index contributed by atoms with van der Waals surface area (Å²) < 4.78 is 3.11. The molecule has 0 N–H and O–H groups in total. The van der Waals surface area contributed by atoms with Gasteiger partial charge in [0.05, 0.1) is 10.2 Å². The highest BCUT2D eigenvalue weighted by Gasteiger charge is 2.30. The summed E-state index contributed by atoms with van der Waals surface area (Å²) in [5.74, 6) is 0. The molecule has 20 heavy (non-hydrogen) atoms. The van der Waals surface area contributed by atoms with Crippen molar-refractivity contribution in [2.45, 2.75) is 84.0 Å². The number of rotatable bonds is 10. The molecular formula is C17H31BrN2. The van der Waals surface area contributed by atoms with Gasteiger partial charge in [0.15, 0.2) is 0 Å². The molecular weight excluding hydrogens is 312 g/mol. The highest BCUT2D eigenvalue weighted by molar-refractivity contribution is 9.10. The van der Waals surface area contributed by atoms with Crippen molar-refractivity contribution in [1.82, 2.24) is 9.78 Å². The molecule has 0 amide bonds. The summed E-state index contributed by atoms with van der Waals surface area (Å²) in [5, 5.41) is 4.73. The third-order valence-electron chi connectivity index (χ3n) is 4.27. The monoisotopic (exact) mass is 342 g/mol. The Hall–Kier alpha value is -0.310. The Morgan fingerprint density at radius 1 is 1.05 bits per heavy atom. The van der Waals surface area contributed by atoms with Crippen LogP contribution < -0.4 is 0 Å². The smallest absolute Gasteiger partial charge is 0.0825 e. The number of hydrogen-bond donors (Lipinski definition) is 0. The normalized spacial score (nSPS) is 14.4. The number of aromatic nitrogens is 2. The average Bonchev–Trinajstić information content (AvgIpc) is 2.75. The molecule has 0 aliphatic rings. The van der Waals surface area contributed by atoms with Crippen LogP contribution in [0, 0.1) is 0 Å². The molecule has 0 fully saturated rings. The number of nitrogens with zero attached hydrogens (tertiary/aromatic N) is 2. The molecule has 0 bridgehead atoms. The fourth-order valence-corrected chi connectivity index (χ4v) is 3.79. The number of unbranched alkanes of at least 4 members (excludes halogenated alkanes) is 5. The highest BCUT2D eigenvalue weighted by Crippen LogP contribution is 2.38. The van der Waals surface area contributed by atoms with E-state index in [2.05, 4.69) is 42.9 Å². The lowest BCUT2D eigenvalue weighted by molar-refractivity contribution is 0.353. The van der Waals surface area contributed by atoms with Gasteiger partial charge in [-0.2, -0.15) is 5.10 Å². The van der Waals surface area contributed by atoms with Crippen molar-refractivity contribution < 1.29 is 0 Å². The average molecular weight is 343 g/mol. The molecule has 0 saturated heterocycles. The van der Waals surface area contributed by atoms with Gasteiger partial charge in [-0.25, -0.2) is 0 Å². The Morgan fingerprint density at radius 2 is 1.60 bits per heavy atom. The topological polar surface area (TPSA) is 17.8 Å². The van der Waals surface area contributed by atoms with Crippen LogP contribution in [-0.4, -0.2) is 9.78 Å². The van der Waals surface area contributed by atoms with E-state index in [1.165, 1.54) is 68.0 Å². The first-order valence-corrected chi connectivity index (χ1v) is 9.02. The lowest BCUT2D eigenvalue weighted by Crippen LogP contribution is -2.23. The van der Waals surface area contributed by atoms with E-state index in [1.807, 2.05) is 11.7 Å². The molecule has 1 aromatic heterocycles. The predicted molar refractivity (Wildman–Crippen MR) is 91.2 cm³/mol. The van der Waals surface area contributed by atoms with Gasteiger partial charge in [0.25, 0.3) is 0 Å². The maximum Gasteiger partial charge on any atom is 0.0825 e. The van der Waals surface area contributed by atoms with Gasteiger partial charge in [-0.15, -0.1) is 0 Å². The second-order valence-corrected chi connectivity index (χ2v) is 7.18. The SMILES string of the molecule is CCCCCCC(C)(CCCCC)c1nn(C)cc1Br. The van der Waals surface area contributed by atoms with Gasteiger partial charge in [0.2, 0.25) is 0 Å². The third kappa shape index (κ3) is 5.23. The van der Waals surface area contributed by atoms with Crippen LogP contribution in [0.15, 0.2) is 10.7 Å². The van der Waals surface area contributed by atoms with Gasteiger partial charge in [-0.1, -0.05) is 65.7 Å². The summed E-state index contributed by atoms with van der Waals surface area (Å²) in [5.41, 5.74) is 1.48. The minimum Gasteiger partial charge on any atom is -0.274 e. The van der Waals surface area contributed by atoms with Crippen LogP contribution in [0.25, 0.3) is 0 Å². The van der Waals surface area contributed by atoms with Crippen molar-refractivity contribution >= 4 is 15.9 Å². The van der Waals surface area contributed by atoms with E-state index in [0.717, 1.165) is 0 Å². The molecule has 1 unspecified atom stereocenters. The van der Waals surface area contributed by atoms with E-state index in [-0.39, 0.29) is 5.41 Å². The number of hydrogen-bond acceptors (Lipinski definition) is 1. The first-order valence-electron chi connectivity index (χ1n) is 8.23. The van der Waals surface area contributed by atoms with Crippen molar-refractivity contribution in [3.05, 3.63) is 16.4 Å². The van der Waals surface area contributed by atoms with Gasteiger partial charge in [0, 0.05) is 18.7 Å². The van der Waals surface area contributed by atoms with Crippen LogP contribution in [0.5, 0.6) is 0 Å². The summed E-state index contributed by atoms with van der Waals surface area (Å²) >= 11 is 3.70. The second kappa shape index (κ2) is 8.86. The van der Waals surface area contributed by atoms with Crippen LogP contribution in [-0.2, 0) is 12.5 Å². The van der Waals surface area contributed by atoms with Crippen molar-refractivity contribution in [3.63, 3.8) is 0 Å². The summed E-state index contributed by atoms with van der Waals surface area (Å²) in [4.78, 5) is 0. The number of aryl methyl sites for hydroxylation is 1. The van der Waals surface area contributed by atoms with Gasteiger partial charge in [0.1, 0.15) is 0 Å². The molecule has 0 aliphatic heterocycles. The Balaban J connectivity index is 2.74. The van der Waals surface area contributed by atoms with E-state index in [1.54, 1.807) is 0 Å². The molecule has 0 saturated carbocycles. The quantitative estimate of drug-likeness (QED) is 0.477. The molecule has 1 aromatic rings. The highest BCUT2D eigenvalue weighted by atomic mass is 79.9. The molecule has 0 aromatic carbocycles. The maximum atomic E-state index is 4.73. The van der Waals surface area contributed by atoms with Crippen molar-refractivity contribution in [1.29, 1.82) is 0 Å². The first kappa shape index (κ1) is 17.7. The Bertz CT molecular complexity index is 386. The Labute approximate surface area is 133 Å². The standard InChI is InChI=1S/C17H31BrN2/c1-5-7-9-11-13-17(3,12-10-8-6-2)16-15(18)14-20(4)19-16/h14H,5-13H2,1-4H3. The third-order valence-corrected chi connectivity index (χ3v) is 4.85. The zero-order chi connectivity index (χ0) is 15.0. The van der Waals surface area contributed by atoms with Crippen LogP contribution in [0.3, 0.4) is 0 Å². The minimum atomic E-state index is 0.225. The molecule has 0 aliphatic carbocycles. The molecule has 1 heterocycles. The fraction of sp³-hybridized carbons (Fsp3) is 0.824. The molecule has 1 rings (SSSR count). The zero-order valence-electron chi connectivity index (χ0n) is 13.7. The van der Waals surface area contributed by atoms with Crippen molar-refractivity contribution in [2.75, 3.05) is 0 Å². The molecule has 1 atom stereocenters. The lowest BCUT2D eigenvalue weighted by atomic mass is 9.77. The van der Waals surface area contributed by atoms with E-state index < -0.39 is 0 Å². The molecule has 3 heteroatoms. The van der Waals surface area contributed by atoms with Gasteiger partial charge >= 0.3 is 0 Å². The van der Waals surface area contributed by atoms with Crippen LogP contribution in [0.2, 0.25) is 0 Å². The zero-order valence-corrected chi connectivity index (χ0v) is 15.3. The summed E-state index contributed by atoms with van der Waals surface area (Å²) in [7, 11) is 2.01. The van der Waals surface area contributed by atoms with Crippen LogP contribution in [0.1, 0.15) is 84.3 Å². The van der Waals surface area contributed by atoms with E-state index >= 15 is 0 Å². The maximum absolute atomic E-state index is 4.73. The first-order chi connectivity index (χ1) is 9.53. The lowest BCUT2D eigenvalue weighted by Gasteiger charge is -2.28. The van der Waals surface area contributed by atoms with Gasteiger partial charge < -0.3 is 0 Å². The van der Waals surface area contributed by atoms with Crippen molar-refractivity contribution in [3.8, 4) is 0 Å². The molecule has 2 nitrogen and oxygen atoms in total. The van der Waals surface area contributed by atoms with Crippen LogP contribution in [0.4, 0.5) is 0 Å². The predicted octanol–water partition coefficient (Wildman–Crippen LogP) is 5.99. The summed E-state index contributed by atoms with van der Waals surface area (Å²) in [6, 6.07) is 0. The largest absolute Gasteiger partial charge is 0.274 e. The second-order valence-electron chi connectivity index (χ2n) is 6.33. The van der Waals surface area contributed by atoms with Gasteiger partial charge in [-0.3, -0.25) is 4.68 Å². The van der Waals surface area contributed by atoms with E-state index in [9.17, 15) is 0 Å². The fourth-order valence-electron chi connectivity index (χ4n) is 2.94. The Morgan fingerprint density at radius 3 is 2.10 bits per heavy atom. The molecule has 0 radical (unpaired) electrons. The van der Waals surface area contributed by atoms with E-state index in [4.69, 9.17) is 5.10 Å². The Kier molecular flexibility index (Phi) is 7.86.